The number of cyclic esters (lactones) is 2. The molecule has 1 saturated carbocycles. The second-order valence-electron chi connectivity index (χ2n) is 4.23. The van der Waals surface area contributed by atoms with Gasteiger partial charge in [0.05, 0.1) is 0 Å². The maximum atomic E-state index is 11.4. The average molecular weight is 213 g/mol. The van der Waals surface area contributed by atoms with E-state index in [-0.39, 0.29) is 12.5 Å². The number of primary amides is 1. The molecular weight excluding hydrogens is 198 g/mol. The highest BCUT2D eigenvalue weighted by Gasteiger charge is 2.53. The molecule has 0 aromatic rings. The van der Waals surface area contributed by atoms with Crippen molar-refractivity contribution in [2.75, 3.05) is 6.61 Å². The maximum Gasteiger partial charge on any atom is 0.509 e. The third-order valence-electron chi connectivity index (χ3n) is 3.35. The molecule has 0 bridgehead atoms. The van der Waals surface area contributed by atoms with Gasteiger partial charge in [0.1, 0.15) is 6.61 Å². The van der Waals surface area contributed by atoms with Crippen LogP contribution < -0.4 is 5.73 Å². The molecule has 15 heavy (non-hydrogen) atoms. The monoisotopic (exact) mass is 213 g/mol. The second kappa shape index (κ2) is 3.72. The van der Waals surface area contributed by atoms with Crippen molar-refractivity contribution in [3.8, 4) is 0 Å². The van der Waals surface area contributed by atoms with Gasteiger partial charge in [0.25, 0.3) is 5.91 Å². The Morgan fingerprint density at radius 1 is 1.33 bits per heavy atom. The summed E-state index contributed by atoms with van der Waals surface area (Å²) in [4.78, 5) is 22.4. The smallest absolute Gasteiger partial charge is 0.429 e. The molecule has 2 N–H and O–H groups in total. The number of rotatable bonds is 2. The first-order valence-corrected chi connectivity index (χ1v) is 5.31. The molecule has 1 aliphatic carbocycles. The van der Waals surface area contributed by atoms with Crippen LogP contribution >= 0.6 is 0 Å². The predicted octanol–water partition coefficient (Wildman–Crippen LogP) is 0.958. The lowest BCUT2D eigenvalue weighted by Gasteiger charge is -2.33. The summed E-state index contributed by atoms with van der Waals surface area (Å²) in [5, 5.41) is 0. The van der Waals surface area contributed by atoms with E-state index in [2.05, 4.69) is 0 Å². The van der Waals surface area contributed by atoms with Gasteiger partial charge in [0.2, 0.25) is 5.60 Å². The highest BCUT2D eigenvalue weighted by atomic mass is 16.8. The summed E-state index contributed by atoms with van der Waals surface area (Å²) in [5.41, 5.74) is 4.13. The lowest BCUT2D eigenvalue weighted by atomic mass is 9.77. The van der Waals surface area contributed by atoms with Crippen LogP contribution in [0.3, 0.4) is 0 Å². The van der Waals surface area contributed by atoms with Gasteiger partial charge in [-0.05, 0) is 12.8 Å². The van der Waals surface area contributed by atoms with Crippen LogP contribution in [0.25, 0.3) is 0 Å². The zero-order chi connectivity index (χ0) is 10.9. The van der Waals surface area contributed by atoms with Crippen LogP contribution in [-0.4, -0.2) is 24.3 Å². The van der Waals surface area contributed by atoms with Gasteiger partial charge in [-0.1, -0.05) is 19.3 Å². The van der Waals surface area contributed by atoms with E-state index in [1.165, 1.54) is 6.42 Å². The van der Waals surface area contributed by atoms with Crippen molar-refractivity contribution in [1.29, 1.82) is 0 Å². The van der Waals surface area contributed by atoms with Crippen LogP contribution in [0.1, 0.15) is 32.1 Å². The third kappa shape index (κ3) is 1.66. The highest BCUT2D eigenvalue weighted by molar-refractivity contribution is 5.87. The Labute approximate surface area is 87.9 Å². The van der Waals surface area contributed by atoms with Gasteiger partial charge in [0, 0.05) is 5.92 Å². The number of hydrogen-bond donors (Lipinski definition) is 1. The van der Waals surface area contributed by atoms with Crippen molar-refractivity contribution < 1.29 is 19.1 Å². The van der Waals surface area contributed by atoms with Crippen LogP contribution in [0.5, 0.6) is 0 Å². The van der Waals surface area contributed by atoms with Gasteiger partial charge in [-0.3, -0.25) is 4.79 Å². The fourth-order valence-corrected chi connectivity index (χ4v) is 2.47. The van der Waals surface area contributed by atoms with E-state index in [0.717, 1.165) is 25.7 Å². The molecule has 1 saturated heterocycles. The summed E-state index contributed by atoms with van der Waals surface area (Å²) in [6.45, 7) is -0.0220. The predicted molar refractivity (Wildman–Crippen MR) is 50.9 cm³/mol. The molecular formula is C10H15NO4. The van der Waals surface area contributed by atoms with E-state index in [9.17, 15) is 9.59 Å². The Bertz CT molecular complexity index is 285. The van der Waals surface area contributed by atoms with Crippen LogP contribution in [0, 0.1) is 5.92 Å². The molecule has 0 aromatic heterocycles. The summed E-state index contributed by atoms with van der Waals surface area (Å²) in [7, 11) is 0. The molecule has 0 radical (unpaired) electrons. The van der Waals surface area contributed by atoms with Gasteiger partial charge in [-0.2, -0.15) is 0 Å². The number of carbonyl (C=O) groups is 2. The summed E-state index contributed by atoms with van der Waals surface area (Å²) in [6, 6.07) is 0. The molecule has 1 atom stereocenters. The largest absolute Gasteiger partial charge is 0.509 e. The normalized spacial score (nSPS) is 32.1. The van der Waals surface area contributed by atoms with E-state index in [4.69, 9.17) is 15.2 Å². The molecule has 84 valence electrons. The van der Waals surface area contributed by atoms with Crippen LogP contribution in [0.4, 0.5) is 4.79 Å². The molecule has 1 unspecified atom stereocenters. The number of nitrogens with two attached hydrogens (primary N) is 1. The number of hydrogen-bond acceptors (Lipinski definition) is 4. The third-order valence-corrected chi connectivity index (χ3v) is 3.35. The lowest BCUT2D eigenvalue weighted by molar-refractivity contribution is -0.139. The van der Waals surface area contributed by atoms with Crippen molar-refractivity contribution in [3.63, 3.8) is 0 Å². The van der Waals surface area contributed by atoms with Crippen molar-refractivity contribution in [2.24, 2.45) is 11.7 Å². The van der Waals surface area contributed by atoms with Gasteiger partial charge in [-0.25, -0.2) is 4.79 Å². The van der Waals surface area contributed by atoms with Gasteiger partial charge in [-0.15, -0.1) is 0 Å². The maximum absolute atomic E-state index is 11.4. The second-order valence-corrected chi connectivity index (χ2v) is 4.23. The number of ether oxygens (including phenoxy) is 2. The molecule has 5 heteroatoms. The minimum absolute atomic E-state index is 0.0220. The molecule has 0 spiro atoms. The quantitative estimate of drug-likeness (QED) is 0.693. The van der Waals surface area contributed by atoms with Crippen molar-refractivity contribution in [1.82, 2.24) is 0 Å². The van der Waals surface area contributed by atoms with Crippen molar-refractivity contribution in [3.05, 3.63) is 0 Å². The Hall–Kier alpha value is -1.26. The Morgan fingerprint density at radius 3 is 2.47 bits per heavy atom. The molecule has 1 aliphatic heterocycles. The first kappa shape index (κ1) is 10.3. The summed E-state index contributed by atoms with van der Waals surface area (Å²) >= 11 is 0. The van der Waals surface area contributed by atoms with E-state index in [1.807, 2.05) is 0 Å². The minimum atomic E-state index is -1.20. The first-order chi connectivity index (χ1) is 7.15. The van der Waals surface area contributed by atoms with Gasteiger partial charge < -0.3 is 15.2 Å². The average Bonchev–Trinajstić information content (AvgIpc) is 2.63. The van der Waals surface area contributed by atoms with E-state index < -0.39 is 17.7 Å². The van der Waals surface area contributed by atoms with E-state index in [0.29, 0.717) is 0 Å². The number of amides is 1. The lowest BCUT2D eigenvalue weighted by Crippen LogP contribution is -2.52. The molecule has 2 fully saturated rings. The summed E-state index contributed by atoms with van der Waals surface area (Å²) in [6.07, 6.45) is 4.24. The molecule has 2 rings (SSSR count). The fraction of sp³-hybridized carbons (Fsp3) is 0.800. The fourth-order valence-electron chi connectivity index (χ4n) is 2.47. The Morgan fingerprint density at radius 2 is 2.00 bits per heavy atom. The Kier molecular flexibility index (Phi) is 2.54. The zero-order valence-electron chi connectivity index (χ0n) is 8.53. The minimum Gasteiger partial charge on any atom is -0.429 e. The number of carbonyl (C=O) groups excluding carboxylic acids is 2. The van der Waals surface area contributed by atoms with Crippen LogP contribution in [0.2, 0.25) is 0 Å². The highest BCUT2D eigenvalue weighted by Crippen LogP contribution is 2.38. The Balaban J connectivity index is 2.18. The zero-order valence-corrected chi connectivity index (χ0v) is 8.53. The molecule has 2 aliphatic rings. The standard InChI is InChI=1S/C10H15NO4/c11-8(12)10(6-14-9(13)15-10)7-4-2-1-3-5-7/h7H,1-6H2,(H2,11,12). The van der Waals surface area contributed by atoms with Gasteiger partial charge >= 0.3 is 6.16 Å². The van der Waals surface area contributed by atoms with Crippen LogP contribution in [-0.2, 0) is 14.3 Å². The van der Waals surface area contributed by atoms with Crippen molar-refractivity contribution in [2.45, 2.75) is 37.7 Å². The SMILES string of the molecule is NC(=O)C1(C2CCCCC2)COC(=O)O1. The van der Waals surface area contributed by atoms with E-state index >= 15 is 0 Å². The summed E-state index contributed by atoms with van der Waals surface area (Å²) < 4.78 is 9.74. The van der Waals surface area contributed by atoms with E-state index in [1.54, 1.807) is 0 Å². The topological polar surface area (TPSA) is 78.6 Å². The molecule has 0 aromatic carbocycles. The first-order valence-electron chi connectivity index (χ1n) is 5.31. The molecule has 1 amide bonds. The van der Waals surface area contributed by atoms with Crippen LogP contribution in [0.15, 0.2) is 0 Å². The molecule has 1 heterocycles. The van der Waals surface area contributed by atoms with Crippen molar-refractivity contribution >= 4 is 12.1 Å². The summed E-state index contributed by atoms with van der Waals surface area (Å²) in [5.74, 6) is -0.560. The van der Waals surface area contributed by atoms with Gasteiger partial charge in [0.15, 0.2) is 0 Å². The molecule has 5 nitrogen and oxygen atoms in total.